The van der Waals surface area contributed by atoms with Gasteiger partial charge in [0.1, 0.15) is 5.75 Å². The zero-order chi connectivity index (χ0) is 15.2. The fraction of sp³-hybridized carbons (Fsp3) is 0.467. The molecule has 0 saturated carbocycles. The van der Waals surface area contributed by atoms with E-state index in [2.05, 4.69) is 5.32 Å². The molecule has 0 spiro atoms. The molecule has 0 radical (unpaired) electrons. The second-order valence-corrected chi connectivity index (χ2v) is 4.68. The van der Waals surface area contributed by atoms with Gasteiger partial charge < -0.3 is 15.2 Å². The van der Waals surface area contributed by atoms with E-state index in [9.17, 15) is 14.7 Å². The first-order valence-corrected chi connectivity index (χ1v) is 6.65. The molecule has 2 N–H and O–H groups in total. The molecule has 0 atom stereocenters. The van der Waals surface area contributed by atoms with E-state index in [1.165, 1.54) is 7.11 Å². The Kier molecular flexibility index (Phi) is 5.55. The SMILES string of the molecule is CCC(CC)(CNC(=O)c1ccccc1OC)C(=O)O. The maximum Gasteiger partial charge on any atom is 0.311 e. The molecule has 1 rings (SSSR count). The first kappa shape index (κ1) is 16.0. The predicted octanol–water partition coefficient (Wildman–Crippen LogP) is 2.32. The van der Waals surface area contributed by atoms with Gasteiger partial charge in [-0.05, 0) is 25.0 Å². The summed E-state index contributed by atoms with van der Waals surface area (Å²) in [5, 5.41) is 12.0. The lowest BCUT2D eigenvalue weighted by atomic mass is 9.82. The van der Waals surface area contributed by atoms with Crippen LogP contribution in [0, 0.1) is 5.41 Å². The minimum atomic E-state index is -0.919. The van der Waals surface area contributed by atoms with Gasteiger partial charge in [-0.25, -0.2) is 0 Å². The number of ether oxygens (including phenoxy) is 1. The summed E-state index contributed by atoms with van der Waals surface area (Å²) >= 11 is 0. The van der Waals surface area contributed by atoms with Crippen LogP contribution in [0.3, 0.4) is 0 Å². The maximum atomic E-state index is 12.1. The van der Waals surface area contributed by atoms with Gasteiger partial charge in [0.05, 0.1) is 18.1 Å². The number of amides is 1. The second-order valence-electron chi connectivity index (χ2n) is 4.68. The molecule has 1 aromatic rings. The molecule has 0 aliphatic heterocycles. The molecule has 110 valence electrons. The van der Waals surface area contributed by atoms with Crippen molar-refractivity contribution in [3.63, 3.8) is 0 Å². The van der Waals surface area contributed by atoms with E-state index in [1.54, 1.807) is 24.3 Å². The first-order chi connectivity index (χ1) is 9.50. The van der Waals surface area contributed by atoms with Gasteiger partial charge in [-0.1, -0.05) is 26.0 Å². The monoisotopic (exact) mass is 279 g/mol. The zero-order valence-electron chi connectivity index (χ0n) is 12.1. The summed E-state index contributed by atoms with van der Waals surface area (Å²) < 4.78 is 5.12. The third-order valence-corrected chi connectivity index (χ3v) is 3.75. The highest BCUT2D eigenvalue weighted by Crippen LogP contribution is 2.26. The fourth-order valence-electron chi connectivity index (χ4n) is 2.05. The summed E-state index contributed by atoms with van der Waals surface area (Å²) in [6.07, 6.45) is 0.927. The average molecular weight is 279 g/mol. The highest BCUT2D eigenvalue weighted by Gasteiger charge is 2.35. The number of carbonyl (C=O) groups excluding carboxylic acids is 1. The van der Waals surface area contributed by atoms with Gasteiger partial charge in [-0.2, -0.15) is 0 Å². The van der Waals surface area contributed by atoms with Crippen molar-refractivity contribution in [3.05, 3.63) is 29.8 Å². The summed E-state index contributed by atoms with van der Waals surface area (Å²) in [4.78, 5) is 23.5. The lowest BCUT2D eigenvalue weighted by molar-refractivity contribution is -0.149. The molecule has 0 heterocycles. The van der Waals surface area contributed by atoms with E-state index in [0.717, 1.165) is 0 Å². The predicted molar refractivity (Wildman–Crippen MR) is 76.0 cm³/mol. The van der Waals surface area contributed by atoms with Crippen LogP contribution < -0.4 is 10.1 Å². The largest absolute Gasteiger partial charge is 0.496 e. The molecular formula is C15H21NO4. The van der Waals surface area contributed by atoms with Gasteiger partial charge in [0.2, 0.25) is 0 Å². The molecule has 20 heavy (non-hydrogen) atoms. The number of carbonyl (C=O) groups is 2. The lowest BCUT2D eigenvalue weighted by Gasteiger charge is -2.26. The van der Waals surface area contributed by atoms with E-state index in [4.69, 9.17) is 4.74 Å². The number of aliphatic carboxylic acids is 1. The number of para-hydroxylation sites is 1. The van der Waals surface area contributed by atoms with Crippen LogP contribution in [0.1, 0.15) is 37.0 Å². The van der Waals surface area contributed by atoms with Gasteiger partial charge in [0.25, 0.3) is 5.91 Å². The fourth-order valence-corrected chi connectivity index (χ4v) is 2.05. The highest BCUT2D eigenvalue weighted by molar-refractivity contribution is 5.97. The van der Waals surface area contributed by atoms with Crippen molar-refractivity contribution < 1.29 is 19.4 Å². The normalized spacial score (nSPS) is 10.9. The number of rotatable bonds is 7. The average Bonchev–Trinajstić information content (AvgIpc) is 2.48. The molecule has 5 heteroatoms. The molecule has 0 unspecified atom stereocenters. The van der Waals surface area contributed by atoms with E-state index < -0.39 is 11.4 Å². The molecule has 0 bridgehead atoms. The van der Waals surface area contributed by atoms with Crippen LogP contribution in [0.4, 0.5) is 0 Å². The highest BCUT2D eigenvalue weighted by atomic mass is 16.5. The van der Waals surface area contributed by atoms with Crippen molar-refractivity contribution in [2.75, 3.05) is 13.7 Å². The number of carboxylic acids is 1. The Morgan fingerprint density at radius 1 is 1.25 bits per heavy atom. The third-order valence-electron chi connectivity index (χ3n) is 3.75. The Morgan fingerprint density at radius 2 is 1.85 bits per heavy atom. The van der Waals surface area contributed by atoms with Crippen LogP contribution in [0.15, 0.2) is 24.3 Å². The number of methoxy groups -OCH3 is 1. The minimum Gasteiger partial charge on any atom is -0.496 e. The smallest absolute Gasteiger partial charge is 0.311 e. The quantitative estimate of drug-likeness (QED) is 0.803. The Bertz CT molecular complexity index is 481. The van der Waals surface area contributed by atoms with Crippen molar-refractivity contribution >= 4 is 11.9 Å². The van der Waals surface area contributed by atoms with Crippen LogP contribution in [0.5, 0.6) is 5.75 Å². The first-order valence-electron chi connectivity index (χ1n) is 6.65. The molecule has 1 aromatic carbocycles. The molecule has 5 nitrogen and oxygen atoms in total. The maximum absolute atomic E-state index is 12.1. The van der Waals surface area contributed by atoms with Crippen molar-refractivity contribution in [1.29, 1.82) is 0 Å². The Labute approximate surface area is 118 Å². The molecule has 0 saturated heterocycles. The van der Waals surface area contributed by atoms with E-state index >= 15 is 0 Å². The van der Waals surface area contributed by atoms with E-state index in [-0.39, 0.29) is 12.5 Å². The van der Waals surface area contributed by atoms with Crippen LogP contribution >= 0.6 is 0 Å². The lowest BCUT2D eigenvalue weighted by Crippen LogP contribution is -2.42. The molecule has 0 aromatic heterocycles. The molecule has 0 fully saturated rings. The number of hydrogen-bond acceptors (Lipinski definition) is 3. The summed E-state index contributed by atoms with van der Waals surface area (Å²) in [5.41, 5.74) is -0.515. The van der Waals surface area contributed by atoms with Crippen LogP contribution in [0.25, 0.3) is 0 Å². The number of nitrogens with one attached hydrogen (secondary N) is 1. The molecule has 1 amide bonds. The van der Waals surface area contributed by atoms with Crippen molar-refractivity contribution in [1.82, 2.24) is 5.32 Å². The molecule has 0 aliphatic carbocycles. The summed E-state index contributed by atoms with van der Waals surface area (Å²) in [5.74, 6) is -0.739. The van der Waals surface area contributed by atoms with Crippen molar-refractivity contribution in [2.24, 2.45) is 5.41 Å². The van der Waals surface area contributed by atoms with Crippen molar-refractivity contribution in [2.45, 2.75) is 26.7 Å². The second kappa shape index (κ2) is 6.93. The topological polar surface area (TPSA) is 75.6 Å². The minimum absolute atomic E-state index is 0.103. The Balaban J connectivity index is 2.83. The van der Waals surface area contributed by atoms with E-state index in [1.807, 2.05) is 13.8 Å². The Hall–Kier alpha value is -2.04. The van der Waals surface area contributed by atoms with Gasteiger partial charge in [0, 0.05) is 6.54 Å². The number of carboxylic acid groups (broad SMARTS) is 1. The van der Waals surface area contributed by atoms with Gasteiger partial charge in [-0.3, -0.25) is 9.59 Å². The standard InChI is InChI=1S/C15H21NO4/c1-4-15(5-2,14(18)19)10-16-13(17)11-8-6-7-9-12(11)20-3/h6-9H,4-5,10H2,1-3H3,(H,16,17)(H,18,19). The van der Waals surface area contributed by atoms with E-state index in [0.29, 0.717) is 24.2 Å². The summed E-state index contributed by atoms with van der Waals surface area (Å²) in [7, 11) is 1.49. The zero-order valence-corrected chi connectivity index (χ0v) is 12.1. The summed E-state index contributed by atoms with van der Waals surface area (Å²) in [6, 6.07) is 6.85. The Morgan fingerprint density at radius 3 is 2.35 bits per heavy atom. The third kappa shape index (κ3) is 3.29. The van der Waals surface area contributed by atoms with Gasteiger partial charge in [-0.15, -0.1) is 0 Å². The number of hydrogen-bond donors (Lipinski definition) is 2. The number of benzene rings is 1. The van der Waals surface area contributed by atoms with Crippen molar-refractivity contribution in [3.8, 4) is 5.75 Å². The van der Waals surface area contributed by atoms with Gasteiger partial charge >= 0.3 is 5.97 Å². The van der Waals surface area contributed by atoms with Crippen LogP contribution in [0.2, 0.25) is 0 Å². The summed E-state index contributed by atoms with van der Waals surface area (Å²) in [6.45, 7) is 3.73. The molecular weight excluding hydrogens is 258 g/mol. The van der Waals surface area contributed by atoms with Crippen LogP contribution in [-0.2, 0) is 4.79 Å². The van der Waals surface area contributed by atoms with Crippen LogP contribution in [-0.4, -0.2) is 30.6 Å². The van der Waals surface area contributed by atoms with Gasteiger partial charge in [0.15, 0.2) is 0 Å². The molecule has 0 aliphatic rings.